The lowest BCUT2D eigenvalue weighted by atomic mass is 10.0. The number of carbonyl (C=O) groups excluding carboxylic acids is 1. The topological polar surface area (TPSA) is 99.6 Å². The Balaban J connectivity index is 1.95. The molecule has 112 valence electrons. The largest absolute Gasteiger partial charge is 0.462 e. The summed E-state index contributed by atoms with van der Waals surface area (Å²) in [5, 5.41) is 10.2. The molecule has 21 heavy (non-hydrogen) atoms. The zero-order chi connectivity index (χ0) is 15.0. The predicted molar refractivity (Wildman–Crippen MR) is 75.9 cm³/mol. The van der Waals surface area contributed by atoms with Crippen molar-refractivity contribution in [2.24, 2.45) is 0 Å². The molecule has 1 saturated heterocycles. The number of imidazole rings is 1. The van der Waals surface area contributed by atoms with E-state index in [9.17, 15) is 9.90 Å². The van der Waals surface area contributed by atoms with Crippen LogP contribution in [0.5, 0.6) is 0 Å². The molecular formula is C14H17N3O4. The summed E-state index contributed by atoms with van der Waals surface area (Å²) >= 11 is 0. The Labute approximate surface area is 121 Å². The summed E-state index contributed by atoms with van der Waals surface area (Å²) in [6.07, 6.45) is 0. The van der Waals surface area contributed by atoms with Crippen molar-refractivity contribution in [3.63, 3.8) is 0 Å². The van der Waals surface area contributed by atoms with Crippen LogP contribution < -0.4 is 5.73 Å². The van der Waals surface area contributed by atoms with Gasteiger partial charge in [-0.3, -0.25) is 0 Å². The number of fused-ring (bicyclic) bond motifs is 1. The van der Waals surface area contributed by atoms with Crippen molar-refractivity contribution in [1.29, 1.82) is 0 Å². The molecule has 0 unspecified atom stereocenters. The van der Waals surface area contributed by atoms with Crippen LogP contribution in [-0.2, 0) is 16.0 Å². The van der Waals surface area contributed by atoms with Gasteiger partial charge in [-0.1, -0.05) is 0 Å². The zero-order valence-corrected chi connectivity index (χ0v) is 11.7. The van der Waals surface area contributed by atoms with Gasteiger partial charge in [-0.2, -0.15) is 0 Å². The van der Waals surface area contributed by atoms with Crippen LogP contribution in [0.1, 0.15) is 17.3 Å². The SMILES string of the molecule is CCOC(=O)c1ccc2c(c1)nc(N)n2CC1(O)COC1. The van der Waals surface area contributed by atoms with E-state index < -0.39 is 11.6 Å². The van der Waals surface area contributed by atoms with Gasteiger partial charge in [-0.25, -0.2) is 9.78 Å². The molecule has 0 amide bonds. The second-order valence-electron chi connectivity index (χ2n) is 5.20. The first-order valence-electron chi connectivity index (χ1n) is 6.75. The van der Waals surface area contributed by atoms with Crippen LogP contribution in [0.15, 0.2) is 18.2 Å². The highest BCUT2D eigenvalue weighted by molar-refractivity contribution is 5.94. The van der Waals surface area contributed by atoms with Crippen molar-refractivity contribution in [3.05, 3.63) is 23.8 Å². The minimum absolute atomic E-state index is 0.285. The van der Waals surface area contributed by atoms with E-state index in [0.717, 1.165) is 5.52 Å². The van der Waals surface area contributed by atoms with Crippen molar-refractivity contribution in [2.45, 2.75) is 19.1 Å². The minimum atomic E-state index is -0.901. The fourth-order valence-electron chi connectivity index (χ4n) is 2.38. The number of hydrogen-bond donors (Lipinski definition) is 2. The number of nitrogens with two attached hydrogens (primary N) is 1. The summed E-state index contributed by atoms with van der Waals surface area (Å²) in [6.45, 7) is 2.96. The lowest BCUT2D eigenvalue weighted by Crippen LogP contribution is -2.52. The van der Waals surface area contributed by atoms with Crippen LogP contribution in [0, 0.1) is 0 Å². The smallest absolute Gasteiger partial charge is 0.338 e. The first-order valence-corrected chi connectivity index (χ1v) is 6.75. The Morgan fingerprint density at radius 2 is 2.33 bits per heavy atom. The Hall–Kier alpha value is -2.12. The number of carbonyl (C=O) groups is 1. The first kappa shape index (κ1) is 13.8. The number of nitrogen functional groups attached to an aromatic ring is 1. The molecule has 0 spiro atoms. The van der Waals surface area contributed by atoms with Crippen molar-refractivity contribution >= 4 is 23.0 Å². The molecule has 2 heterocycles. The van der Waals surface area contributed by atoms with Crippen molar-refractivity contribution in [3.8, 4) is 0 Å². The Morgan fingerprint density at radius 3 is 2.95 bits per heavy atom. The lowest BCUT2D eigenvalue weighted by Gasteiger charge is -2.36. The minimum Gasteiger partial charge on any atom is -0.462 e. The van der Waals surface area contributed by atoms with E-state index in [1.165, 1.54) is 0 Å². The molecular weight excluding hydrogens is 274 g/mol. The Morgan fingerprint density at radius 1 is 1.57 bits per heavy atom. The summed E-state index contributed by atoms with van der Waals surface area (Å²) in [5.74, 6) is -0.0927. The number of aliphatic hydroxyl groups is 1. The van der Waals surface area contributed by atoms with Gasteiger partial charge < -0.3 is 24.9 Å². The van der Waals surface area contributed by atoms with Gasteiger partial charge >= 0.3 is 5.97 Å². The van der Waals surface area contributed by atoms with Crippen LogP contribution in [-0.4, -0.2) is 46.0 Å². The quantitative estimate of drug-likeness (QED) is 0.798. The molecule has 1 aromatic heterocycles. The highest BCUT2D eigenvalue weighted by atomic mass is 16.5. The summed E-state index contributed by atoms with van der Waals surface area (Å²) in [6, 6.07) is 5.06. The normalized spacial score (nSPS) is 16.7. The summed E-state index contributed by atoms with van der Waals surface area (Å²) in [7, 11) is 0. The van der Waals surface area contributed by atoms with E-state index in [-0.39, 0.29) is 13.2 Å². The van der Waals surface area contributed by atoms with Crippen LogP contribution >= 0.6 is 0 Å². The third-order valence-electron chi connectivity index (χ3n) is 3.48. The molecule has 1 aromatic carbocycles. The molecule has 3 rings (SSSR count). The van der Waals surface area contributed by atoms with Gasteiger partial charge in [0.2, 0.25) is 5.95 Å². The van der Waals surface area contributed by atoms with Crippen LogP contribution in [0.25, 0.3) is 11.0 Å². The number of rotatable bonds is 4. The Kier molecular flexibility index (Phi) is 3.30. The van der Waals surface area contributed by atoms with Crippen molar-refractivity contribution < 1.29 is 19.4 Å². The predicted octanol–water partition coefficient (Wildman–Crippen LogP) is 0.557. The molecule has 0 radical (unpaired) electrons. The molecule has 1 fully saturated rings. The number of benzene rings is 1. The molecule has 1 aliphatic rings. The van der Waals surface area contributed by atoms with E-state index in [1.807, 2.05) is 0 Å². The number of ether oxygens (including phenoxy) is 2. The van der Waals surface area contributed by atoms with Gasteiger partial charge in [0.15, 0.2) is 0 Å². The van der Waals surface area contributed by atoms with Gasteiger partial charge in [0, 0.05) is 0 Å². The lowest BCUT2D eigenvalue weighted by molar-refractivity contribution is -0.184. The number of esters is 1. The van der Waals surface area contributed by atoms with Crippen molar-refractivity contribution in [2.75, 3.05) is 25.6 Å². The highest BCUT2D eigenvalue weighted by Crippen LogP contribution is 2.25. The van der Waals surface area contributed by atoms with Crippen LogP contribution in [0.3, 0.4) is 0 Å². The highest BCUT2D eigenvalue weighted by Gasteiger charge is 2.37. The standard InChI is InChI=1S/C14H17N3O4/c1-2-21-12(18)9-3-4-11-10(5-9)16-13(15)17(11)6-14(19)7-20-8-14/h3-5,19H,2,6-8H2,1H3,(H2,15,16). The van der Waals surface area contributed by atoms with E-state index in [4.69, 9.17) is 15.2 Å². The molecule has 0 aliphatic carbocycles. The third-order valence-corrected chi connectivity index (χ3v) is 3.48. The van der Waals surface area contributed by atoms with Gasteiger partial charge in [-0.15, -0.1) is 0 Å². The van der Waals surface area contributed by atoms with E-state index in [0.29, 0.717) is 30.2 Å². The number of hydrogen-bond acceptors (Lipinski definition) is 6. The monoisotopic (exact) mass is 291 g/mol. The van der Waals surface area contributed by atoms with Crippen LogP contribution in [0.4, 0.5) is 5.95 Å². The summed E-state index contributed by atoms with van der Waals surface area (Å²) in [5.41, 5.74) is 6.80. The second kappa shape index (κ2) is 5.01. The number of aromatic nitrogens is 2. The summed E-state index contributed by atoms with van der Waals surface area (Å²) < 4.78 is 11.7. The molecule has 7 heteroatoms. The average Bonchev–Trinajstić information content (AvgIpc) is 2.72. The molecule has 7 nitrogen and oxygen atoms in total. The first-order chi connectivity index (χ1) is 10.0. The molecule has 2 aromatic rings. The molecule has 1 aliphatic heterocycles. The molecule has 0 bridgehead atoms. The van der Waals surface area contributed by atoms with E-state index in [1.54, 1.807) is 29.7 Å². The molecule has 3 N–H and O–H groups in total. The number of nitrogens with zero attached hydrogens (tertiary/aromatic N) is 2. The second-order valence-corrected chi connectivity index (χ2v) is 5.20. The van der Waals surface area contributed by atoms with E-state index >= 15 is 0 Å². The van der Waals surface area contributed by atoms with Gasteiger partial charge in [0.25, 0.3) is 0 Å². The van der Waals surface area contributed by atoms with Gasteiger partial charge in [0.1, 0.15) is 5.60 Å². The van der Waals surface area contributed by atoms with Gasteiger partial charge in [0.05, 0.1) is 43.0 Å². The van der Waals surface area contributed by atoms with Crippen LogP contribution in [0.2, 0.25) is 0 Å². The third kappa shape index (κ3) is 2.45. The fraction of sp³-hybridized carbons (Fsp3) is 0.429. The number of anilines is 1. The fourth-order valence-corrected chi connectivity index (χ4v) is 2.38. The maximum Gasteiger partial charge on any atom is 0.338 e. The molecule has 0 saturated carbocycles. The zero-order valence-electron chi connectivity index (χ0n) is 11.7. The maximum absolute atomic E-state index is 11.7. The Bertz CT molecular complexity index is 691. The molecule has 0 atom stereocenters. The van der Waals surface area contributed by atoms with E-state index in [2.05, 4.69) is 4.98 Å². The average molecular weight is 291 g/mol. The van der Waals surface area contributed by atoms with Gasteiger partial charge in [-0.05, 0) is 25.1 Å². The summed E-state index contributed by atoms with van der Waals surface area (Å²) in [4.78, 5) is 16.0. The van der Waals surface area contributed by atoms with Crippen molar-refractivity contribution in [1.82, 2.24) is 9.55 Å². The maximum atomic E-state index is 11.7.